The molecular formula is C10H11BrN2S. The Labute approximate surface area is 95.4 Å². The molecule has 3 saturated carbocycles. The van der Waals surface area contributed by atoms with Crippen molar-refractivity contribution < 1.29 is 0 Å². The average Bonchev–Trinajstić information content (AvgIpc) is 2.58. The second-order valence-corrected chi connectivity index (χ2v) is 6.41. The first-order valence-corrected chi connectivity index (χ1v) is 6.90. The lowest BCUT2D eigenvalue weighted by atomic mass is 10.0. The summed E-state index contributed by atoms with van der Waals surface area (Å²) in [6, 6.07) is 0. The van der Waals surface area contributed by atoms with Crippen molar-refractivity contribution in [3.8, 4) is 0 Å². The standard InChI is InChI=1S/C10H11BrN2S/c11-10-12-9(14-13-10)8-6-4-1-2-5(3-4)7(6)8/h4-8H,1-3H2. The molecule has 1 heterocycles. The summed E-state index contributed by atoms with van der Waals surface area (Å²) in [7, 11) is 0. The van der Waals surface area contributed by atoms with Crippen LogP contribution in [0.25, 0.3) is 0 Å². The third kappa shape index (κ3) is 0.915. The second kappa shape index (κ2) is 2.59. The van der Waals surface area contributed by atoms with E-state index in [0.717, 1.165) is 34.3 Å². The lowest BCUT2D eigenvalue weighted by Crippen LogP contribution is -1.96. The molecule has 0 aliphatic heterocycles. The number of hydrogen-bond acceptors (Lipinski definition) is 3. The Kier molecular flexibility index (Phi) is 1.52. The molecule has 3 fully saturated rings. The zero-order chi connectivity index (χ0) is 9.28. The van der Waals surface area contributed by atoms with Gasteiger partial charge >= 0.3 is 0 Å². The Bertz CT molecular complexity index is 375. The number of halogens is 1. The smallest absolute Gasteiger partial charge is 0.209 e. The van der Waals surface area contributed by atoms with Crippen molar-refractivity contribution in [1.29, 1.82) is 0 Å². The zero-order valence-electron chi connectivity index (χ0n) is 7.69. The van der Waals surface area contributed by atoms with E-state index in [1.807, 2.05) is 0 Å². The van der Waals surface area contributed by atoms with Crippen LogP contribution in [0.15, 0.2) is 4.73 Å². The van der Waals surface area contributed by atoms with Crippen LogP contribution in [0.5, 0.6) is 0 Å². The minimum atomic E-state index is 0.787. The summed E-state index contributed by atoms with van der Waals surface area (Å²) < 4.78 is 5.01. The van der Waals surface area contributed by atoms with Crippen molar-refractivity contribution in [2.75, 3.05) is 0 Å². The highest BCUT2D eigenvalue weighted by Crippen LogP contribution is 2.73. The molecule has 0 radical (unpaired) electrons. The molecule has 3 aliphatic carbocycles. The monoisotopic (exact) mass is 270 g/mol. The van der Waals surface area contributed by atoms with Gasteiger partial charge in [0.25, 0.3) is 0 Å². The van der Waals surface area contributed by atoms with E-state index >= 15 is 0 Å². The second-order valence-electron chi connectivity index (χ2n) is 4.92. The fraction of sp³-hybridized carbons (Fsp3) is 0.800. The molecule has 1 aromatic rings. The molecule has 14 heavy (non-hydrogen) atoms. The first-order chi connectivity index (χ1) is 6.84. The summed E-state index contributed by atoms with van der Waals surface area (Å²) in [5.74, 6) is 4.86. The third-order valence-corrected chi connectivity index (χ3v) is 5.84. The van der Waals surface area contributed by atoms with Gasteiger partial charge in [0, 0.05) is 5.92 Å². The first-order valence-electron chi connectivity index (χ1n) is 5.33. The highest BCUT2D eigenvalue weighted by molar-refractivity contribution is 9.10. The molecule has 0 aromatic carbocycles. The quantitative estimate of drug-likeness (QED) is 0.784. The van der Waals surface area contributed by atoms with Crippen LogP contribution in [-0.4, -0.2) is 9.36 Å². The summed E-state index contributed by atoms with van der Waals surface area (Å²) in [6.07, 6.45) is 4.50. The van der Waals surface area contributed by atoms with E-state index in [-0.39, 0.29) is 0 Å². The van der Waals surface area contributed by atoms with Gasteiger partial charge in [0.05, 0.1) is 0 Å². The van der Waals surface area contributed by atoms with E-state index in [2.05, 4.69) is 25.3 Å². The molecule has 4 rings (SSSR count). The van der Waals surface area contributed by atoms with Crippen LogP contribution < -0.4 is 0 Å². The number of nitrogens with zero attached hydrogens (tertiary/aromatic N) is 2. The number of rotatable bonds is 1. The zero-order valence-corrected chi connectivity index (χ0v) is 10.1. The number of hydrogen-bond donors (Lipinski definition) is 0. The van der Waals surface area contributed by atoms with Gasteiger partial charge in [0.2, 0.25) is 4.73 Å². The van der Waals surface area contributed by atoms with Crippen LogP contribution in [-0.2, 0) is 0 Å². The fourth-order valence-corrected chi connectivity index (χ4v) is 5.31. The normalized spacial score (nSPS) is 48.2. The maximum Gasteiger partial charge on any atom is 0.209 e. The van der Waals surface area contributed by atoms with Crippen molar-refractivity contribution in [3.05, 3.63) is 9.74 Å². The van der Waals surface area contributed by atoms with E-state index in [9.17, 15) is 0 Å². The Morgan fingerprint density at radius 2 is 1.93 bits per heavy atom. The molecule has 74 valence electrons. The van der Waals surface area contributed by atoms with Crippen molar-refractivity contribution in [2.45, 2.75) is 25.2 Å². The Balaban J connectivity index is 1.66. The molecule has 2 nitrogen and oxygen atoms in total. The number of aromatic nitrogens is 2. The van der Waals surface area contributed by atoms with Crippen LogP contribution in [0.3, 0.4) is 0 Å². The van der Waals surface area contributed by atoms with Crippen molar-refractivity contribution in [1.82, 2.24) is 9.36 Å². The summed E-state index contributed by atoms with van der Waals surface area (Å²) in [4.78, 5) is 4.48. The molecule has 2 bridgehead atoms. The summed E-state index contributed by atoms with van der Waals surface area (Å²) in [6.45, 7) is 0. The Morgan fingerprint density at radius 1 is 1.21 bits per heavy atom. The van der Waals surface area contributed by atoms with Gasteiger partial charge in [0.1, 0.15) is 5.01 Å². The molecule has 3 aliphatic rings. The molecule has 1 aromatic heterocycles. The molecule has 0 saturated heterocycles. The minimum absolute atomic E-state index is 0.787. The van der Waals surface area contributed by atoms with Gasteiger partial charge < -0.3 is 0 Å². The molecular weight excluding hydrogens is 260 g/mol. The SMILES string of the molecule is Brc1nsc(C2C3C4CCC(C4)C23)n1. The lowest BCUT2D eigenvalue weighted by Gasteiger charge is -2.04. The van der Waals surface area contributed by atoms with Crippen LogP contribution in [0, 0.1) is 23.7 Å². The van der Waals surface area contributed by atoms with Crippen LogP contribution in [0.1, 0.15) is 30.2 Å². The molecule has 0 spiro atoms. The van der Waals surface area contributed by atoms with Gasteiger partial charge in [-0.3, -0.25) is 0 Å². The topological polar surface area (TPSA) is 25.8 Å². The van der Waals surface area contributed by atoms with E-state index in [0.29, 0.717) is 0 Å². The van der Waals surface area contributed by atoms with E-state index < -0.39 is 0 Å². The van der Waals surface area contributed by atoms with E-state index in [4.69, 9.17) is 0 Å². The lowest BCUT2D eigenvalue weighted by molar-refractivity contribution is 0.456. The molecule has 4 heteroatoms. The van der Waals surface area contributed by atoms with Crippen molar-refractivity contribution in [3.63, 3.8) is 0 Å². The molecule has 0 N–H and O–H groups in total. The highest BCUT2D eigenvalue weighted by atomic mass is 79.9. The van der Waals surface area contributed by atoms with Gasteiger partial charge in [-0.2, -0.15) is 4.37 Å². The highest BCUT2D eigenvalue weighted by Gasteiger charge is 2.66. The molecule has 4 atom stereocenters. The van der Waals surface area contributed by atoms with Gasteiger partial charge in [0.15, 0.2) is 0 Å². The van der Waals surface area contributed by atoms with Crippen molar-refractivity contribution >= 4 is 27.5 Å². The maximum absolute atomic E-state index is 4.48. The van der Waals surface area contributed by atoms with Gasteiger partial charge in [-0.25, -0.2) is 4.98 Å². The maximum atomic E-state index is 4.48. The van der Waals surface area contributed by atoms with Crippen LogP contribution in [0.4, 0.5) is 0 Å². The van der Waals surface area contributed by atoms with E-state index in [1.165, 1.54) is 24.3 Å². The number of fused-ring (bicyclic) bond motifs is 5. The Hall–Kier alpha value is 0.0400. The summed E-state index contributed by atoms with van der Waals surface area (Å²) in [5, 5.41) is 1.29. The average molecular weight is 271 g/mol. The van der Waals surface area contributed by atoms with Crippen LogP contribution >= 0.6 is 27.5 Å². The third-order valence-electron chi connectivity index (χ3n) is 4.44. The van der Waals surface area contributed by atoms with Gasteiger partial charge in [-0.1, -0.05) is 0 Å². The largest absolute Gasteiger partial charge is 0.214 e. The molecule has 0 amide bonds. The summed E-state index contributed by atoms with van der Waals surface area (Å²) >= 11 is 4.94. The van der Waals surface area contributed by atoms with Gasteiger partial charge in [-0.05, 0) is 70.4 Å². The first kappa shape index (κ1) is 8.22. The van der Waals surface area contributed by atoms with Crippen LogP contribution in [0.2, 0.25) is 0 Å². The summed E-state index contributed by atoms with van der Waals surface area (Å²) in [5.41, 5.74) is 0. The fourth-order valence-electron chi connectivity index (χ4n) is 4.01. The Morgan fingerprint density at radius 3 is 2.50 bits per heavy atom. The minimum Gasteiger partial charge on any atom is -0.214 e. The predicted octanol–water partition coefficient (Wildman–Crippen LogP) is 3.06. The van der Waals surface area contributed by atoms with Crippen molar-refractivity contribution in [2.24, 2.45) is 23.7 Å². The van der Waals surface area contributed by atoms with E-state index in [1.54, 1.807) is 11.5 Å². The van der Waals surface area contributed by atoms with Gasteiger partial charge in [-0.15, -0.1) is 0 Å². The predicted molar refractivity (Wildman–Crippen MR) is 58.2 cm³/mol. The molecule has 4 unspecified atom stereocenters.